The Kier molecular flexibility index (Phi) is 6.93. The zero-order valence-electron chi connectivity index (χ0n) is 17.0. The van der Waals surface area contributed by atoms with Crippen LogP contribution in [0.3, 0.4) is 0 Å². The monoisotopic (exact) mass is 401 g/mol. The molecule has 0 radical (unpaired) electrons. The molecule has 154 valence electrons. The quantitative estimate of drug-likeness (QED) is 0.284. The molecule has 2 aromatic carbocycles. The van der Waals surface area contributed by atoms with Gasteiger partial charge in [-0.3, -0.25) is 14.9 Å². The van der Waals surface area contributed by atoms with Crippen LogP contribution in [-0.2, 0) is 4.74 Å². The molecule has 0 saturated heterocycles. The molecule has 0 amide bonds. The third-order valence-electron chi connectivity index (χ3n) is 4.31. The van der Waals surface area contributed by atoms with Crippen LogP contribution in [0, 0.1) is 24.0 Å². The molecule has 8 nitrogen and oxygen atoms in total. The van der Waals surface area contributed by atoms with E-state index in [2.05, 4.69) is 0 Å². The van der Waals surface area contributed by atoms with Gasteiger partial charge in [0.15, 0.2) is 17.6 Å². The van der Waals surface area contributed by atoms with Crippen molar-refractivity contribution < 1.29 is 28.7 Å². The van der Waals surface area contributed by atoms with Crippen molar-refractivity contribution in [3.63, 3.8) is 0 Å². The number of carbonyl (C=O) groups excluding carboxylic acids is 2. The summed E-state index contributed by atoms with van der Waals surface area (Å²) in [5.41, 5.74) is 1.26. The van der Waals surface area contributed by atoms with Crippen LogP contribution in [0.15, 0.2) is 30.3 Å². The molecule has 8 heteroatoms. The van der Waals surface area contributed by atoms with Gasteiger partial charge in [-0.25, -0.2) is 4.79 Å². The Balaban J connectivity index is 2.35. The van der Waals surface area contributed by atoms with Gasteiger partial charge in [0.2, 0.25) is 5.78 Å². The molecule has 0 aliphatic heterocycles. The van der Waals surface area contributed by atoms with E-state index in [0.29, 0.717) is 5.56 Å². The first kappa shape index (κ1) is 21.9. The Labute approximate surface area is 168 Å². The summed E-state index contributed by atoms with van der Waals surface area (Å²) < 4.78 is 15.7. The van der Waals surface area contributed by atoms with E-state index in [1.165, 1.54) is 20.1 Å². The molecular weight excluding hydrogens is 378 g/mol. The third kappa shape index (κ3) is 4.90. The summed E-state index contributed by atoms with van der Waals surface area (Å²) in [6.07, 6.45) is -1.12. The summed E-state index contributed by atoms with van der Waals surface area (Å²) in [6.45, 7) is 7.06. The van der Waals surface area contributed by atoms with Crippen LogP contribution >= 0.6 is 0 Å². The van der Waals surface area contributed by atoms with Crippen LogP contribution in [0.2, 0.25) is 0 Å². The van der Waals surface area contributed by atoms with E-state index in [4.69, 9.17) is 14.2 Å². The van der Waals surface area contributed by atoms with Crippen molar-refractivity contribution in [2.24, 2.45) is 0 Å². The molecule has 0 aromatic heterocycles. The number of carbonyl (C=O) groups is 2. The Morgan fingerprint density at radius 3 is 2.38 bits per heavy atom. The van der Waals surface area contributed by atoms with Crippen LogP contribution in [0.4, 0.5) is 5.69 Å². The van der Waals surface area contributed by atoms with E-state index in [0.717, 1.165) is 17.2 Å². The Bertz CT molecular complexity index is 952. The predicted octanol–water partition coefficient (Wildman–Crippen LogP) is 4.05. The lowest BCUT2D eigenvalue weighted by Crippen LogP contribution is -2.25. The number of nitro groups is 1. The lowest BCUT2D eigenvalue weighted by atomic mass is 9.99. The molecule has 0 heterocycles. The van der Waals surface area contributed by atoms with Crippen molar-refractivity contribution in [2.45, 2.75) is 33.8 Å². The first-order valence-electron chi connectivity index (χ1n) is 9.01. The van der Waals surface area contributed by atoms with Gasteiger partial charge < -0.3 is 14.2 Å². The molecule has 0 saturated carbocycles. The van der Waals surface area contributed by atoms with Crippen LogP contribution in [0.5, 0.6) is 11.5 Å². The second-order valence-corrected chi connectivity index (χ2v) is 6.44. The number of esters is 1. The molecule has 0 N–H and O–H groups in total. The largest absolute Gasteiger partial charge is 0.493 e. The standard InChI is InChI=1S/C21H23NO7/c1-6-28-19-10-16(17(22(25)26)11-18(19)27-5)21(24)29-14(4)20(23)15-9-12(2)7-8-13(15)3/h7-11,14H,6H2,1-5H3/t14-/m1/s1. The number of hydrogen-bond acceptors (Lipinski definition) is 7. The number of ketones is 1. The summed E-state index contributed by atoms with van der Waals surface area (Å²) in [5.74, 6) is -1.09. The summed E-state index contributed by atoms with van der Waals surface area (Å²) in [7, 11) is 1.34. The fourth-order valence-corrected chi connectivity index (χ4v) is 2.79. The normalized spacial score (nSPS) is 11.5. The number of hydrogen-bond donors (Lipinski definition) is 0. The fraction of sp³-hybridized carbons (Fsp3) is 0.333. The number of benzene rings is 2. The van der Waals surface area contributed by atoms with Crippen LogP contribution < -0.4 is 9.47 Å². The summed E-state index contributed by atoms with van der Waals surface area (Å²) >= 11 is 0. The molecule has 1 atom stereocenters. The van der Waals surface area contributed by atoms with Gasteiger partial charge in [0, 0.05) is 11.6 Å². The van der Waals surface area contributed by atoms with Crippen molar-refractivity contribution in [1.82, 2.24) is 0 Å². The average Bonchev–Trinajstić information content (AvgIpc) is 2.68. The van der Waals surface area contributed by atoms with E-state index < -0.39 is 22.7 Å². The molecule has 0 bridgehead atoms. The number of nitro benzene ring substituents is 1. The fourth-order valence-electron chi connectivity index (χ4n) is 2.79. The second-order valence-electron chi connectivity index (χ2n) is 6.44. The van der Waals surface area contributed by atoms with Gasteiger partial charge in [0.1, 0.15) is 5.56 Å². The summed E-state index contributed by atoms with van der Waals surface area (Å²) in [5, 5.41) is 11.4. The predicted molar refractivity (Wildman–Crippen MR) is 106 cm³/mol. The van der Waals surface area contributed by atoms with Crippen molar-refractivity contribution in [2.75, 3.05) is 13.7 Å². The van der Waals surface area contributed by atoms with Crippen molar-refractivity contribution >= 4 is 17.4 Å². The van der Waals surface area contributed by atoms with Crippen LogP contribution in [0.25, 0.3) is 0 Å². The average molecular weight is 401 g/mol. The molecule has 0 aliphatic carbocycles. The first-order valence-corrected chi connectivity index (χ1v) is 9.01. The smallest absolute Gasteiger partial charge is 0.346 e. The van der Waals surface area contributed by atoms with Crippen molar-refractivity contribution in [3.05, 3.63) is 62.7 Å². The maximum Gasteiger partial charge on any atom is 0.346 e. The van der Waals surface area contributed by atoms with Crippen LogP contribution in [-0.4, -0.2) is 36.5 Å². The lowest BCUT2D eigenvalue weighted by Gasteiger charge is -2.15. The zero-order valence-corrected chi connectivity index (χ0v) is 17.0. The van der Waals surface area contributed by atoms with Gasteiger partial charge in [-0.1, -0.05) is 17.7 Å². The summed E-state index contributed by atoms with van der Waals surface area (Å²) in [4.78, 5) is 36.1. The number of methoxy groups -OCH3 is 1. The van der Waals surface area contributed by atoms with Gasteiger partial charge in [0.25, 0.3) is 5.69 Å². The maximum atomic E-state index is 12.7. The van der Waals surface area contributed by atoms with Gasteiger partial charge in [-0.2, -0.15) is 0 Å². The number of aryl methyl sites for hydroxylation is 2. The highest BCUT2D eigenvalue weighted by molar-refractivity contribution is 6.03. The highest BCUT2D eigenvalue weighted by atomic mass is 16.6. The van der Waals surface area contributed by atoms with Gasteiger partial charge in [-0.05, 0) is 39.3 Å². The minimum Gasteiger partial charge on any atom is -0.493 e. The van der Waals surface area contributed by atoms with E-state index in [1.807, 2.05) is 13.0 Å². The van der Waals surface area contributed by atoms with Crippen molar-refractivity contribution in [1.29, 1.82) is 0 Å². The number of Topliss-reactive ketones (excluding diaryl/α,β-unsaturated/α-hetero) is 1. The topological polar surface area (TPSA) is 105 Å². The molecule has 0 fully saturated rings. The Hall–Kier alpha value is -3.42. The number of ether oxygens (including phenoxy) is 3. The highest BCUT2D eigenvalue weighted by Gasteiger charge is 2.29. The molecule has 0 spiro atoms. The third-order valence-corrected chi connectivity index (χ3v) is 4.31. The molecule has 29 heavy (non-hydrogen) atoms. The molecule has 2 aromatic rings. The highest BCUT2D eigenvalue weighted by Crippen LogP contribution is 2.35. The summed E-state index contributed by atoms with van der Waals surface area (Å²) in [6, 6.07) is 7.68. The minimum absolute atomic E-state index is 0.120. The van der Waals surface area contributed by atoms with Crippen LogP contribution in [0.1, 0.15) is 45.7 Å². The van der Waals surface area contributed by atoms with Gasteiger partial charge in [-0.15, -0.1) is 0 Å². The van der Waals surface area contributed by atoms with Gasteiger partial charge in [0.05, 0.1) is 24.7 Å². The second kappa shape index (κ2) is 9.18. The Morgan fingerprint density at radius 2 is 1.79 bits per heavy atom. The van der Waals surface area contributed by atoms with E-state index in [1.54, 1.807) is 26.0 Å². The SMILES string of the molecule is CCOc1cc(C(=O)O[C@H](C)C(=O)c2cc(C)ccc2C)c([N+](=O)[O-])cc1OC. The zero-order chi connectivity index (χ0) is 21.7. The minimum atomic E-state index is -1.12. The lowest BCUT2D eigenvalue weighted by molar-refractivity contribution is -0.385. The number of nitrogens with zero attached hydrogens (tertiary/aromatic N) is 1. The van der Waals surface area contributed by atoms with E-state index >= 15 is 0 Å². The molecule has 2 rings (SSSR count). The maximum absolute atomic E-state index is 12.7. The molecule has 0 aliphatic rings. The van der Waals surface area contributed by atoms with Crippen molar-refractivity contribution in [3.8, 4) is 11.5 Å². The molecule has 0 unspecified atom stereocenters. The Morgan fingerprint density at radius 1 is 1.10 bits per heavy atom. The van der Waals surface area contributed by atoms with E-state index in [9.17, 15) is 19.7 Å². The first-order chi connectivity index (χ1) is 13.7. The van der Waals surface area contributed by atoms with E-state index in [-0.39, 0.29) is 29.5 Å². The molecular formula is C21H23NO7. The number of rotatable bonds is 8. The van der Waals surface area contributed by atoms with Gasteiger partial charge >= 0.3 is 5.97 Å².